The molecule has 0 aliphatic rings. The quantitative estimate of drug-likeness (QED) is 0.648. The van der Waals surface area contributed by atoms with Gasteiger partial charge in [0.25, 0.3) is 5.91 Å². The fourth-order valence-corrected chi connectivity index (χ4v) is 3.12. The topological polar surface area (TPSA) is 101 Å². The van der Waals surface area contributed by atoms with Gasteiger partial charge in [0.15, 0.2) is 5.13 Å². The summed E-state index contributed by atoms with van der Waals surface area (Å²) in [5.74, 6) is -0.712. The number of carbonyl (C=O) groups excluding carboxylic acids is 2. The zero-order valence-corrected chi connectivity index (χ0v) is 13.2. The number of nitrogens with zero attached hydrogens (tertiary/aromatic N) is 1. The largest absolute Gasteiger partial charge is 0.364 e. The van der Waals surface area contributed by atoms with Gasteiger partial charge in [0.1, 0.15) is 5.69 Å². The van der Waals surface area contributed by atoms with E-state index in [1.54, 1.807) is 0 Å². The molecule has 118 valence electrons. The smallest absolute Gasteiger partial charge is 0.268 e. The molecule has 0 saturated heterocycles. The fourth-order valence-electron chi connectivity index (χ4n) is 2.40. The first-order valence-corrected chi connectivity index (χ1v) is 8.11. The Bertz CT molecular complexity index is 853. The summed E-state index contributed by atoms with van der Waals surface area (Å²) in [6.07, 6.45) is 3.94. The van der Waals surface area contributed by atoms with Gasteiger partial charge in [-0.15, -0.1) is 11.3 Å². The van der Waals surface area contributed by atoms with E-state index in [9.17, 15) is 9.59 Å². The van der Waals surface area contributed by atoms with Crippen LogP contribution in [-0.2, 0) is 11.2 Å². The van der Waals surface area contributed by atoms with E-state index in [4.69, 9.17) is 5.73 Å². The summed E-state index contributed by atoms with van der Waals surface area (Å²) in [6, 6.07) is 8.10. The number of hydrogen-bond donors (Lipinski definition) is 3. The van der Waals surface area contributed by atoms with Gasteiger partial charge in [0.2, 0.25) is 5.91 Å². The van der Waals surface area contributed by atoms with Crippen LogP contribution in [0.1, 0.15) is 28.9 Å². The molecule has 4 N–H and O–H groups in total. The minimum atomic E-state index is -0.596. The van der Waals surface area contributed by atoms with Crippen LogP contribution in [-0.4, -0.2) is 21.8 Å². The number of fused-ring (bicyclic) bond motifs is 1. The van der Waals surface area contributed by atoms with Gasteiger partial charge in [-0.1, -0.05) is 18.2 Å². The Morgan fingerprint density at radius 2 is 2.13 bits per heavy atom. The molecule has 0 bridgehead atoms. The molecule has 0 aliphatic heterocycles. The molecule has 0 radical (unpaired) electrons. The standard InChI is InChI=1S/C16H16N4O2S/c17-15(22)13-9-23-16(19-13)20-14(21)7-3-4-10-8-18-12-6-2-1-5-11(10)12/h1-2,5-6,8-9,18H,3-4,7H2,(H2,17,22)(H,19,20,21). The Morgan fingerprint density at radius 1 is 1.30 bits per heavy atom. The van der Waals surface area contributed by atoms with Crippen LogP contribution in [0.4, 0.5) is 5.13 Å². The third-order valence-electron chi connectivity index (χ3n) is 3.53. The lowest BCUT2D eigenvalue weighted by Gasteiger charge is -2.02. The van der Waals surface area contributed by atoms with E-state index < -0.39 is 5.91 Å². The number of rotatable bonds is 6. The number of H-pyrrole nitrogens is 1. The van der Waals surface area contributed by atoms with Crippen molar-refractivity contribution in [2.75, 3.05) is 5.32 Å². The van der Waals surface area contributed by atoms with Gasteiger partial charge >= 0.3 is 0 Å². The van der Waals surface area contributed by atoms with Crippen molar-refractivity contribution in [3.8, 4) is 0 Å². The number of nitrogens with one attached hydrogen (secondary N) is 2. The van der Waals surface area contributed by atoms with Gasteiger partial charge in [-0.05, 0) is 24.5 Å². The highest BCUT2D eigenvalue weighted by molar-refractivity contribution is 7.14. The number of carbonyl (C=O) groups is 2. The second kappa shape index (κ2) is 6.62. The molecular weight excluding hydrogens is 312 g/mol. The Kier molecular flexibility index (Phi) is 4.38. The number of nitrogens with two attached hydrogens (primary N) is 1. The first kappa shape index (κ1) is 15.2. The van der Waals surface area contributed by atoms with Gasteiger partial charge in [-0.3, -0.25) is 9.59 Å². The normalized spacial score (nSPS) is 10.8. The van der Waals surface area contributed by atoms with Crippen molar-refractivity contribution in [2.45, 2.75) is 19.3 Å². The lowest BCUT2D eigenvalue weighted by atomic mass is 10.1. The number of para-hydroxylation sites is 1. The maximum Gasteiger partial charge on any atom is 0.268 e. The second-order valence-electron chi connectivity index (χ2n) is 5.16. The molecule has 6 nitrogen and oxygen atoms in total. The summed E-state index contributed by atoms with van der Waals surface area (Å²) in [5.41, 5.74) is 7.61. The molecule has 3 aromatic rings. The van der Waals surface area contributed by atoms with E-state index in [2.05, 4.69) is 21.4 Å². The third-order valence-corrected chi connectivity index (χ3v) is 4.29. The molecule has 1 aromatic carbocycles. The molecule has 2 heterocycles. The number of primary amides is 1. The van der Waals surface area contributed by atoms with Crippen molar-refractivity contribution in [1.82, 2.24) is 9.97 Å². The van der Waals surface area contributed by atoms with Crippen LogP contribution in [0.3, 0.4) is 0 Å². The minimum Gasteiger partial charge on any atom is -0.364 e. The van der Waals surface area contributed by atoms with E-state index in [1.807, 2.05) is 24.4 Å². The number of aromatic nitrogens is 2. The van der Waals surface area contributed by atoms with Crippen molar-refractivity contribution >= 4 is 39.2 Å². The molecule has 2 aromatic heterocycles. The van der Waals surface area contributed by atoms with Gasteiger partial charge < -0.3 is 16.0 Å². The Balaban J connectivity index is 1.52. The molecule has 0 atom stereocenters. The number of hydrogen-bond acceptors (Lipinski definition) is 4. The highest BCUT2D eigenvalue weighted by Gasteiger charge is 2.10. The number of anilines is 1. The van der Waals surface area contributed by atoms with E-state index in [1.165, 1.54) is 27.7 Å². The Hall–Kier alpha value is -2.67. The number of aromatic amines is 1. The molecular formula is C16H16N4O2S. The maximum atomic E-state index is 11.9. The molecule has 0 saturated carbocycles. The van der Waals surface area contributed by atoms with E-state index >= 15 is 0 Å². The third kappa shape index (κ3) is 3.57. The van der Waals surface area contributed by atoms with Crippen LogP contribution in [0, 0.1) is 0 Å². The molecule has 3 rings (SSSR count). The Labute approximate surface area is 136 Å². The van der Waals surface area contributed by atoms with E-state index in [0.29, 0.717) is 11.6 Å². The van der Waals surface area contributed by atoms with E-state index in [0.717, 1.165) is 18.4 Å². The number of aryl methyl sites for hydroxylation is 1. The minimum absolute atomic E-state index is 0.116. The van der Waals surface area contributed by atoms with E-state index in [-0.39, 0.29) is 11.6 Å². The van der Waals surface area contributed by atoms with Gasteiger partial charge in [-0.2, -0.15) is 0 Å². The van der Waals surface area contributed by atoms with Crippen molar-refractivity contribution in [3.63, 3.8) is 0 Å². The summed E-state index contributed by atoms with van der Waals surface area (Å²) < 4.78 is 0. The van der Waals surface area contributed by atoms with Crippen molar-refractivity contribution in [1.29, 1.82) is 0 Å². The Morgan fingerprint density at radius 3 is 2.91 bits per heavy atom. The lowest BCUT2D eigenvalue weighted by molar-refractivity contribution is -0.116. The predicted molar refractivity (Wildman–Crippen MR) is 90.5 cm³/mol. The van der Waals surface area contributed by atoms with Gasteiger partial charge in [0, 0.05) is 28.9 Å². The summed E-state index contributed by atoms with van der Waals surface area (Å²) in [5, 5.41) is 5.81. The predicted octanol–water partition coefficient (Wildman–Crippen LogP) is 2.68. The fraction of sp³-hybridized carbons (Fsp3) is 0.188. The van der Waals surface area contributed by atoms with Crippen LogP contribution in [0.15, 0.2) is 35.8 Å². The zero-order chi connectivity index (χ0) is 16.2. The maximum absolute atomic E-state index is 11.9. The summed E-state index contributed by atoms with van der Waals surface area (Å²) in [7, 11) is 0. The molecule has 2 amide bonds. The monoisotopic (exact) mass is 328 g/mol. The average molecular weight is 328 g/mol. The van der Waals surface area contributed by atoms with Crippen LogP contribution in [0.25, 0.3) is 10.9 Å². The summed E-state index contributed by atoms with van der Waals surface area (Å²) in [4.78, 5) is 30.1. The summed E-state index contributed by atoms with van der Waals surface area (Å²) >= 11 is 1.19. The zero-order valence-electron chi connectivity index (χ0n) is 12.3. The number of thiazole rings is 1. The lowest BCUT2D eigenvalue weighted by Crippen LogP contribution is -2.13. The number of benzene rings is 1. The first-order chi connectivity index (χ1) is 11.1. The molecule has 0 unspecified atom stereocenters. The SMILES string of the molecule is NC(=O)c1csc(NC(=O)CCCc2c[nH]c3ccccc23)n1. The van der Waals surface area contributed by atoms with Crippen LogP contribution in [0.2, 0.25) is 0 Å². The van der Waals surface area contributed by atoms with Crippen molar-refractivity contribution in [2.24, 2.45) is 5.73 Å². The summed E-state index contributed by atoms with van der Waals surface area (Å²) in [6.45, 7) is 0. The van der Waals surface area contributed by atoms with Crippen LogP contribution in [0.5, 0.6) is 0 Å². The highest BCUT2D eigenvalue weighted by atomic mass is 32.1. The van der Waals surface area contributed by atoms with Gasteiger partial charge in [-0.25, -0.2) is 4.98 Å². The van der Waals surface area contributed by atoms with Gasteiger partial charge in [0.05, 0.1) is 0 Å². The van der Waals surface area contributed by atoms with Crippen molar-refractivity contribution < 1.29 is 9.59 Å². The first-order valence-electron chi connectivity index (χ1n) is 7.23. The average Bonchev–Trinajstić information content (AvgIpc) is 3.15. The van der Waals surface area contributed by atoms with Crippen LogP contribution >= 0.6 is 11.3 Å². The molecule has 23 heavy (non-hydrogen) atoms. The molecule has 0 fully saturated rings. The van der Waals surface area contributed by atoms with Crippen LogP contribution < -0.4 is 11.1 Å². The second-order valence-corrected chi connectivity index (χ2v) is 6.02. The molecule has 0 aliphatic carbocycles. The molecule has 7 heteroatoms. The van der Waals surface area contributed by atoms with Crippen molar-refractivity contribution in [3.05, 3.63) is 47.1 Å². The highest BCUT2D eigenvalue weighted by Crippen LogP contribution is 2.20. The number of amides is 2. The molecule has 0 spiro atoms.